The molecule has 0 fully saturated rings. The number of rotatable bonds is 6. The van der Waals surface area contributed by atoms with E-state index in [0.717, 1.165) is 4.68 Å². The van der Waals surface area contributed by atoms with Gasteiger partial charge in [-0.2, -0.15) is 5.10 Å². The number of esters is 1. The summed E-state index contributed by atoms with van der Waals surface area (Å²) in [7, 11) is 0. The second-order valence-corrected chi connectivity index (χ2v) is 6.06. The monoisotopic (exact) mass is 395 g/mol. The highest BCUT2D eigenvalue weighted by Gasteiger charge is 2.16. The molecule has 2 aromatic carbocycles. The van der Waals surface area contributed by atoms with Gasteiger partial charge < -0.3 is 10.1 Å². The lowest BCUT2D eigenvalue weighted by atomic mass is 10.1. The first-order valence-corrected chi connectivity index (χ1v) is 8.88. The van der Waals surface area contributed by atoms with E-state index in [1.165, 1.54) is 36.4 Å². The number of hydrogen-bond acceptors (Lipinski definition) is 5. The van der Waals surface area contributed by atoms with Gasteiger partial charge in [0.15, 0.2) is 0 Å². The van der Waals surface area contributed by atoms with Crippen LogP contribution in [0.2, 0.25) is 0 Å². The fourth-order valence-electron chi connectivity index (χ4n) is 2.66. The van der Waals surface area contributed by atoms with Gasteiger partial charge in [0.05, 0.1) is 24.4 Å². The summed E-state index contributed by atoms with van der Waals surface area (Å²) < 4.78 is 19.4. The molecule has 1 amide bonds. The van der Waals surface area contributed by atoms with Crippen molar-refractivity contribution < 1.29 is 18.7 Å². The van der Waals surface area contributed by atoms with Crippen molar-refractivity contribution in [3.8, 4) is 0 Å². The summed E-state index contributed by atoms with van der Waals surface area (Å²) in [6.45, 7) is 1.90. The predicted octanol–water partition coefficient (Wildman–Crippen LogP) is 2.86. The van der Waals surface area contributed by atoms with E-state index in [9.17, 15) is 18.8 Å². The summed E-state index contributed by atoms with van der Waals surface area (Å²) in [5, 5.41) is 6.67. The third kappa shape index (κ3) is 4.92. The second-order valence-electron chi connectivity index (χ2n) is 6.06. The number of ether oxygens (including phenoxy) is 1. The third-order valence-electron chi connectivity index (χ3n) is 3.99. The lowest BCUT2D eigenvalue weighted by molar-refractivity contribution is 0.0527. The molecule has 1 heterocycles. The van der Waals surface area contributed by atoms with Crippen LogP contribution in [0.3, 0.4) is 0 Å². The number of carbonyl (C=O) groups is 2. The number of halogens is 1. The van der Waals surface area contributed by atoms with Crippen LogP contribution < -0.4 is 10.9 Å². The zero-order chi connectivity index (χ0) is 20.8. The first kappa shape index (κ1) is 19.9. The highest BCUT2D eigenvalue weighted by molar-refractivity contribution is 6.06. The summed E-state index contributed by atoms with van der Waals surface area (Å²) in [5.74, 6) is -1.60. The minimum absolute atomic E-state index is 0.0110. The number of carbonyl (C=O) groups excluding carboxylic acids is 2. The van der Waals surface area contributed by atoms with Crippen molar-refractivity contribution in [2.45, 2.75) is 13.5 Å². The Balaban J connectivity index is 1.84. The maximum Gasteiger partial charge on any atom is 0.340 e. The van der Waals surface area contributed by atoms with E-state index in [1.807, 2.05) is 0 Å². The van der Waals surface area contributed by atoms with Crippen LogP contribution in [0.5, 0.6) is 0 Å². The molecule has 148 valence electrons. The van der Waals surface area contributed by atoms with Crippen molar-refractivity contribution >= 4 is 17.6 Å². The number of anilines is 1. The van der Waals surface area contributed by atoms with Crippen LogP contribution in [0.25, 0.3) is 0 Å². The van der Waals surface area contributed by atoms with Gasteiger partial charge in [0, 0.05) is 6.07 Å². The molecule has 1 aromatic heterocycles. The number of aromatic nitrogens is 2. The van der Waals surface area contributed by atoms with Gasteiger partial charge in [-0.15, -0.1) is 0 Å². The number of amides is 1. The quantitative estimate of drug-likeness (QED) is 0.648. The molecule has 1 N–H and O–H groups in total. The predicted molar refractivity (Wildman–Crippen MR) is 104 cm³/mol. The summed E-state index contributed by atoms with van der Waals surface area (Å²) in [6.07, 6.45) is 0. The minimum atomic E-state index is -0.602. The van der Waals surface area contributed by atoms with Crippen molar-refractivity contribution in [3.05, 3.63) is 93.7 Å². The van der Waals surface area contributed by atoms with Crippen LogP contribution >= 0.6 is 0 Å². The number of nitrogens with one attached hydrogen (secondary N) is 1. The molecule has 0 spiro atoms. The highest BCUT2D eigenvalue weighted by atomic mass is 19.1. The number of hydrogen-bond donors (Lipinski definition) is 1. The zero-order valence-corrected chi connectivity index (χ0v) is 15.6. The highest BCUT2D eigenvalue weighted by Crippen LogP contribution is 2.17. The van der Waals surface area contributed by atoms with Crippen LogP contribution in [0.4, 0.5) is 10.1 Å². The number of nitrogens with zero attached hydrogens (tertiary/aromatic N) is 2. The van der Waals surface area contributed by atoms with Crippen LogP contribution in [0, 0.1) is 5.82 Å². The Morgan fingerprint density at radius 3 is 2.66 bits per heavy atom. The Kier molecular flexibility index (Phi) is 6.13. The molecule has 29 heavy (non-hydrogen) atoms. The van der Waals surface area contributed by atoms with Crippen LogP contribution in [0.1, 0.15) is 33.3 Å². The molecule has 0 aliphatic rings. The van der Waals surface area contributed by atoms with Crippen molar-refractivity contribution in [3.63, 3.8) is 0 Å². The average molecular weight is 395 g/mol. The number of benzene rings is 2. The van der Waals surface area contributed by atoms with E-state index < -0.39 is 23.3 Å². The van der Waals surface area contributed by atoms with Gasteiger partial charge in [-0.25, -0.2) is 13.9 Å². The maximum atomic E-state index is 13.4. The lowest BCUT2D eigenvalue weighted by Crippen LogP contribution is -2.27. The fourth-order valence-corrected chi connectivity index (χ4v) is 2.66. The van der Waals surface area contributed by atoms with E-state index in [-0.39, 0.29) is 30.1 Å². The average Bonchev–Trinajstić information content (AvgIpc) is 2.70. The topological polar surface area (TPSA) is 90.3 Å². The van der Waals surface area contributed by atoms with E-state index in [1.54, 1.807) is 31.2 Å². The molecule has 0 atom stereocenters. The fraction of sp³-hybridized carbons (Fsp3) is 0.143. The van der Waals surface area contributed by atoms with Gasteiger partial charge in [-0.1, -0.05) is 24.3 Å². The Morgan fingerprint density at radius 2 is 1.90 bits per heavy atom. The molecule has 0 aliphatic heterocycles. The SMILES string of the molecule is CCOC(=O)c1ccccc1NC(=O)c1ccc(=O)n(Cc2cccc(F)c2)n1. The van der Waals surface area contributed by atoms with Crippen molar-refractivity contribution in [1.29, 1.82) is 0 Å². The van der Waals surface area contributed by atoms with Crippen molar-refractivity contribution in [2.75, 3.05) is 11.9 Å². The molecule has 8 heteroatoms. The van der Waals surface area contributed by atoms with E-state index >= 15 is 0 Å². The van der Waals surface area contributed by atoms with Crippen LogP contribution in [0.15, 0.2) is 65.5 Å². The number of para-hydroxylation sites is 1. The summed E-state index contributed by atoms with van der Waals surface area (Å²) in [4.78, 5) is 36.7. The third-order valence-corrected chi connectivity index (χ3v) is 3.99. The van der Waals surface area contributed by atoms with Crippen molar-refractivity contribution in [1.82, 2.24) is 9.78 Å². The molecule has 0 saturated heterocycles. The largest absolute Gasteiger partial charge is 0.462 e. The Labute approximate surface area is 165 Å². The van der Waals surface area contributed by atoms with Gasteiger partial charge in [-0.3, -0.25) is 9.59 Å². The molecule has 3 aromatic rings. The Morgan fingerprint density at radius 1 is 1.10 bits per heavy atom. The first-order valence-electron chi connectivity index (χ1n) is 8.88. The van der Waals surface area contributed by atoms with Gasteiger partial charge in [0.25, 0.3) is 11.5 Å². The van der Waals surface area contributed by atoms with Gasteiger partial charge >= 0.3 is 5.97 Å². The molecule has 0 aliphatic carbocycles. The van der Waals surface area contributed by atoms with E-state index in [0.29, 0.717) is 5.56 Å². The Bertz CT molecular complexity index is 1110. The molecule has 0 bridgehead atoms. The standard InChI is InChI=1S/C21H18FN3O4/c1-2-29-21(28)16-8-3-4-9-17(16)23-20(27)18-10-11-19(26)25(24-18)13-14-6-5-7-15(22)12-14/h3-12H,2,13H2,1H3,(H,23,27). The normalized spacial score (nSPS) is 10.4. The molecule has 0 radical (unpaired) electrons. The van der Waals surface area contributed by atoms with Gasteiger partial charge in [0.2, 0.25) is 0 Å². The van der Waals surface area contributed by atoms with E-state index in [2.05, 4.69) is 10.4 Å². The van der Waals surface area contributed by atoms with Gasteiger partial charge in [0.1, 0.15) is 11.5 Å². The second kappa shape index (κ2) is 8.92. The zero-order valence-electron chi connectivity index (χ0n) is 15.6. The minimum Gasteiger partial charge on any atom is -0.462 e. The summed E-state index contributed by atoms with van der Waals surface area (Å²) in [6, 6.07) is 14.7. The molecule has 0 unspecified atom stereocenters. The summed E-state index contributed by atoms with van der Waals surface area (Å²) >= 11 is 0. The van der Waals surface area contributed by atoms with Crippen LogP contribution in [-0.2, 0) is 11.3 Å². The molecular formula is C21H18FN3O4. The molecule has 7 nitrogen and oxygen atoms in total. The van der Waals surface area contributed by atoms with Crippen LogP contribution in [-0.4, -0.2) is 28.3 Å². The van der Waals surface area contributed by atoms with Gasteiger partial charge in [-0.05, 0) is 42.8 Å². The molecule has 0 saturated carbocycles. The molecular weight excluding hydrogens is 377 g/mol. The summed E-state index contributed by atoms with van der Waals surface area (Å²) in [5.41, 5.74) is 0.540. The Hall–Kier alpha value is -3.81. The van der Waals surface area contributed by atoms with Crippen molar-refractivity contribution in [2.24, 2.45) is 0 Å². The lowest BCUT2D eigenvalue weighted by Gasteiger charge is -2.11. The smallest absolute Gasteiger partial charge is 0.340 e. The van der Waals surface area contributed by atoms with E-state index in [4.69, 9.17) is 4.74 Å². The maximum absolute atomic E-state index is 13.4. The molecule has 3 rings (SSSR count). The first-order chi connectivity index (χ1) is 14.0.